The Morgan fingerprint density at radius 2 is 1.87 bits per heavy atom. The van der Waals surface area contributed by atoms with E-state index < -0.39 is 0 Å². The summed E-state index contributed by atoms with van der Waals surface area (Å²) in [5, 5.41) is 3.43. The van der Waals surface area contributed by atoms with E-state index in [2.05, 4.69) is 21.4 Å². The Bertz CT molecular complexity index is 340. The molecule has 0 amide bonds. The van der Waals surface area contributed by atoms with Gasteiger partial charge in [0.25, 0.3) is 0 Å². The van der Waals surface area contributed by atoms with Crippen molar-refractivity contribution in [2.75, 3.05) is 5.32 Å². The Balaban J connectivity index is 1.75. The molecule has 3 heteroatoms. The molecule has 0 spiro atoms. The molecule has 3 rings (SSSR count). The predicted molar refractivity (Wildman–Crippen MR) is 59.9 cm³/mol. The van der Waals surface area contributed by atoms with Gasteiger partial charge in [-0.15, -0.1) is 0 Å². The molecule has 1 N–H and O–H groups in total. The smallest absolute Gasteiger partial charge is 0.129 e. The highest BCUT2D eigenvalue weighted by Gasteiger charge is 2.23. The molecule has 1 heterocycles. The van der Waals surface area contributed by atoms with Gasteiger partial charge in [-0.25, -0.2) is 9.97 Å². The van der Waals surface area contributed by atoms with Crippen molar-refractivity contribution in [2.24, 2.45) is 0 Å². The molecule has 80 valence electrons. The van der Waals surface area contributed by atoms with Gasteiger partial charge < -0.3 is 5.32 Å². The van der Waals surface area contributed by atoms with E-state index >= 15 is 0 Å². The Kier molecular flexibility index (Phi) is 2.31. The lowest BCUT2D eigenvalue weighted by atomic mass is 10.0. The second-order valence-corrected chi connectivity index (χ2v) is 4.73. The fourth-order valence-electron chi connectivity index (χ4n) is 2.33. The van der Waals surface area contributed by atoms with Gasteiger partial charge in [0.2, 0.25) is 0 Å². The third-order valence-corrected chi connectivity index (χ3v) is 3.39. The second-order valence-electron chi connectivity index (χ2n) is 4.73. The maximum Gasteiger partial charge on any atom is 0.129 e. The average molecular weight is 203 g/mol. The van der Waals surface area contributed by atoms with Crippen LogP contribution in [0.25, 0.3) is 0 Å². The lowest BCUT2D eigenvalue weighted by Crippen LogP contribution is -2.05. The number of rotatable bonds is 3. The molecule has 15 heavy (non-hydrogen) atoms. The van der Waals surface area contributed by atoms with Crippen molar-refractivity contribution in [2.45, 2.75) is 50.5 Å². The SMILES string of the molecule is c1nc(NC2CC2)cc(C2CCCC2)n1. The highest BCUT2D eigenvalue weighted by molar-refractivity contribution is 5.38. The molecule has 2 fully saturated rings. The highest BCUT2D eigenvalue weighted by Crippen LogP contribution is 2.33. The van der Waals surface area contributed by atoms with Gasteiger partial charge >= 0.3 is 0 Å². The van der Waals surface area contributed by atoms with Crippen LogP contribution in [0.5, 0.6) is 0 Å². The topological polar surface area (TPSA) is 37.8 Å². The number of hydrogen-bond acceptors (Lipinski definition) is 3. The maximum absolute atomic E-state index is 4.40. The number of anilines is 1. The van der Waals surface area contributed by atoms with Crippen molar-refractivity contribution in [3.8, 4) is 0 Å². The van der Waals surface area contributed by atoms with Gasteiger partial charge in [-0.05, 0) is 25.7 Å². The van der Waals surface area contributed by atoms with Crippen LogP contribution in [0, 0.1) is 0 Å². The molecule has 0 atom stereocenters. The zero-order valence-electron chi connectivity index (χ0n) is 8.95. The summed E-state index contributed by atoms with van der Waals surface area (Å²) in [6, 6.07) is 2.82. The molecule has 3 nitrogen and oxygen atoms in total. The third kappa shape index (κ3) is 2.11. The number of nitrogens with zero attached hydrogens (tertiary/aromatic N) is 2. The summed E-state index contributed by atoms with van der Waals surface area (Å²) >= 11 is 0. The van der Waals surface area contributed by atoms with Crippen LogP contribution >= 0.6 is 0 Å². The van der Waals surface area contributed by atoms with Crippen LogP contribution in [0.1, 0.15) is 50.1 Å². The Morgan fingerprint density at radius 3 is 2.60 bits per heavy atom. The first-order chi connectivity index (χ1) is 7.42. The lowest BCUT2D eigenvalue weighted by Gasteiger charge is -2.10. The van der Waals surface area contributed by atoms with Crippen molar-refractivity contribution < 1.29 is 0 Å². The summed E-state index contributed by atoms with van der Waals surface area (Å²) in [5.41, 5.74) is 1.24. The van der Waals surface area contributed by atoms with Crippen LogP contribution < -0.4 is 5.32 Å². The molecule has 0 aromatic carbocycles. The van der Waals surface area contributed by atoms with Crippen LogP contribution in [0.2, 0.25) is 0 Å². The first kappa shape index (κ1) is 9.13. The van der Waals surface area contributed by atoms with Crippen molar-refractivity contribution in [1.29, 1.82) is 0 Å². The summed E-state index contributed by atoms with van der Waals surface area (Å²) in [6.45, 7) is 0. The van der Waals surface area contributed by atoms with Crippen LogP contribution in [0.4, 0.5) is 5.82 Å². The predicted octanol–water partition coefficient (Wildman–Crippen LogP) is 2.71. The van der Waals surface area contributed by atoms with E-state index in [-0.39, 0.29) is 0 Å². The summed E-state index contributed by atoms with van der Waals surface area (Å²) < 4.78 is 0. The van der Waals surface area contributed by atoms with E-state index in [4.69, 9.17) is 0 Å². The van der Waals surface area contributed by atoms with Crippen LogP contribution in [0.15, 0.2) is 12.4 Å². The van der Waals surface area contributed by atoms with Gasteiger partial charge in [0.1, 0.15) is 12.1 Å². The molecule has 0 unspecified atom stereocenters. The van der Waals surface area contributed by atoms with E-state index in [0.717, 1.165) is 5.82 Å². The van der Waals surface area contributed by atoms with Gasteiger partial charge in [-0.3, -0.25) is 0 Å². The fraction of sp³-hybridized carbons (Fsp3) is 0.667. The van der Waals surface area contributed by atoms with Crippen LogP contribution in [-0.4, -0.2) is 16.0 Å². The van der Waals surface area contributed by atoms with Gasteiger partial charge in [0, 0.05) is 23.7 Å². The van der Waals surface area contributed by atoms with Crippen molar-refractivity contribution in [3.63, 3.8) is 0 Å². The quantitative estimate of drug-likeness (QED) is 0.820. The van der Waals surface area contributed by atoms with Gasteiger partial charge in [0.05, 0.1) is 0 Å². The minimum Gasteiger partial charge on any atom is -0.367 e. The second kappa shape index (κ2) is 3.80. The molecule has 1 aromatic rings. The zero-order chi connectivity index (χ0) is 10.1. The first-order valence-corrected chi connectivity index (χ1v) is 6.00. The fourth-order valence-corrected chi connectivity index (χ4v) is 2.33. The Morgan fingerprint density at radius 1 is 1.07 bits per heavy atom. The van der Waals surface area contributed by atoms with Crippen LogP contribution in [0.3, 0.4) is 0 Å². The molecule has 2 aliphatic carbocycles. The zero-order valence-corrected chi connectivity index (χ0v) is 8.95. The normalized spacial score (nSPS) is 21.9. The third-order valence-electron chi connectivity index (χ3n) is 3.39. The minimum atomic E-state index is 0.677. The molecule has 2 aliphatic rings. The Hall–Kier alpha value is -1.12. The summed E-state index contributed by atoms with van der Waals surface area (Å²) in [4.78, 5) is 8.67. The summed E-state index contributed by atoms with van der Waals surface area (Å²) in [6.07, 6.45) is 9.63. The molecule has 0 saturated heterocycles. The van der Waals surface area contributed by atoms with Gasteiger partial charge in [0.15, 0.2) is 0 Å². The summed E-state index contributed by atoms with van der Waals surface area (Å²) in [7, 11) is 0. The standard InChI is InChI=1S/C12H17N3/c1-2-4-9(3-1)11-7-12(14-8-13-11)15-10-5-6-10/h7-10H,1-6H2,(H,13,14,15). The minimum absolute atomic E-state index is 0.677. The average Bonchev–Trinajstić information content (AvgIpc) is 2.91. The molecule has 2 saturated carbocycles. The molecule has 0 bridgehead atoms. The van der Waals surface area contributed by atoms with Gasteiger partial charge in [-0.2, -0.15) is 0 Å². The van der Waals surface area contributed by atoms with Gasteiger partial charge in [-0.1, -0.05) is 12.8 Å². The molecule has 1 aromatic heterocycles. The maximum atomic E-state index is 4.40. The summed E-state index contributed by atoms with van der Waals surface area (Å²) in [5.74, 6) is 1.71. The number of aromatic nitrogens is 2. The van der Waals surface area contributed by atoms with Crippen molar-refractivity contribution in [1.82, 2.24) is 9.97 Å². The van der Waals surface area contributed by atoms with E-state index in [0.29, 0.717) is 12.0 Å². The van der Waals surface area contributed by atoms with E-state index in [1.165, 1.54) is 44.2 Å². The van der Waals surface area contributed by atoms with E-state index in [9.17, 15) is 0 Å². The van der Waals surface area contributed by atoms with Crippen LogP contribution in [-0.2, 0) is 0 Å². The van der Waals surface area contributed by atoms with E-state index in [1.807, 2.05) is 0 Å². The van der Waals surface area contributed by atoms with Crippen molar-refractivity contribution in [3.05, 3.63) is 18.1 Å². The highest BCUT2D eigenvalue weighted by atomic mass is 15.1. The molecular weight excluding hydrogens is 186 g/mol. The molecule has 0 aliphatic heterocycles. The Labute approximate surface area is 90.3 Å². The number of hydrogen-bond donors (Lipinski definition) is 1. The lowest BCUT2D eigenvalue weighted by molar-refractivity contribution is 0.694. The molecule has 0 radical (unpaired) electrons. The monoisotopic (exact) mass is 203 g/mol. The first-order valence-electron chi connectivity index (χ1n) is 6.00. The molecular formula is C12H17N3. The number of nitrogens with one attached hydrogen (secondary N) is 1. The van der Waals surface area contributed by atoms with E-state index in [1.54, 1.807) is 6.33 Å². The largest absolute Gasteiger partial charge is 0.367 e. The van der Waals surface area contributed by atoms with Crippen molar-refractivity contribution >= 4 is 5.82 Å².